The molecular weight excluding hydrogens is 218 g/mol. The Bertz CT molecular complexity index is 157. The minimum Gasteiger partial charge on any atom is -0.394 e. The molecule has 1 amide bonds. The maximum Gasteiger partial charge on any atom is 0.209 e. The van der Waals surface area contributed by atoms with Crippen molar-refractivity contribution in [2.45, 2.75) is 6.23 Å². The molecule has 0 aromatic carbocycles. The fourth-order valence-corrected chi connectivity index (χ4v) is 0.826. The summed E-state index contributed by atoms with van der Waals surface area (Å²) in [5.41, 5.74) is 0. The van der Waals surface area contributed by atoms with Crippen molar-refractivity contribution < 1.29 is 29.2 Å². The van der Waals surface area contributed by atoms with Crippen molar-refractivity contribution in [3.8, 4) is 0 Å². The third-order valence-corrected chi connectivity index (χ3v) is 1.52. The van der Waals surface area contributed by atoms with Crippen LogP contribution in [-0.4, -0.2) is 69.1 Å². The van der Waals surface area contributed by atoms with Crippen molar-refractivity contribution in [2.75, 3.05) is 46.2 Å². The number of hydrogen-bond donors (Lipinski definition) is 3. The van der Waals surface area contributed by atoms with Gasteiger partial charge in [0.1, 0.15) is 6.23 Å². The number of nitrogens with one attached hydrogen (secondary N) is 1. The van der Waals surface area contributed by atoms with Crippen molar-refractivity contribution in [3.63, 3.8) is 0 Å². The zero-order valence-corrected chi connectivity index (χ0v) is 9.13. The van der Waals surface area contributed by atoms with Crippen molar-refractivity contribution in [2.24, 2.45) is 0 Å². The van der Waals surface area contributed by atoms with E-state index in [1.165, 1.54) is 0 Å². The number of aliphatic hydroxyl groups is 2. The van der Waals surface area contributed by atoms with E-state index in [1.54, 1.807) is 0 Å². The first kappa shape index (κ1) is 15.3. The van der Waals surface area contributed by atoms with Crippen molar-refractivity contribution in [3.05, 3.63) is 0 Å². The monoisotopic (exact) mass is 237 g/mol. The van der Waals surface area contributed by atoms with E-state index in [9.17, 15) is 4.79 Å². The SMILES string of the molecule is O=CNC(O)COCCOCCOCCO. The van der Waals surface area contributed by atoms with Gasteiger partial charge in [0.05, 0.1) is 46.2 Å². The van der Waals surface area contributed by atoms with Gasteiger partial charge < -0.3 is 29.7 Å². The van der Waals surface area contributed by atoms with Crippen LogP contribution in [0.5, 0.6) is 0 Å². The first-order valence-electron chi connectivity index (χ1n) is 5.03. The van der Waals surface area contributed by atoms with E-state index in [4.69, 9.17) is 24.4 Å². The normalized spacial score (nSPS) is 12.4. The molecule has 0 aromatic rings. The van der Waals surface area contributed by atoms with Crippen LogP contribution in [0.4, 0.5) is 0 Å². The molecule has 0 aliphatic heterocycles. The zero-order chi connectivity index (χ0) is 12.1. The van der Waals surface area contributed by atoms with Crippen molar-refractivity contribution >= 4 is 6.41 Å². The van der Waals surface area contributed by atoms with Crippen LogP contribution in [0.2, 0.25) is 0 Å². The third kappa shape index (κ3) is 11.3. The number of carbonyl (C=O) groups is 1. The standard InChI is InChI=1S/C9H19NO6/c11-1-2-14-3-4-15-5-6-16-7-9(13)10-8-12/h8-9,11,13H,1-7H2,(H,10,12). The summed E-state index contributed by atoms with van der Waals surface area (Å²) in [6.45, 7) is 1.92. The molecule has 0 aliphatic rings. The Labute approximate surface area is 94.3 Å². The van der Waals surface area contributed by atoms with Gasteiger partial charge in [0.25, 0.3) is 0 Å². The predicted molar refractivity (Wildman–Crippen MR) is 54.7 cm³/mol. The van der Waals surface area contributed by atoms with E-state index in [0.29, 0.717) is 39.4 Å². The second-order valence-electron chi connectivity index (χ2n) is 2.82. The Morgan fingerprint density at radius 3 is 2.19 bits per heavy atom. The van der Waals surface area contributed by atoms with Crippen molar-refractivity contribution in [1.82, 2.24) is 5.32 Å². The van der Waals surface area contributed by atoms with Gasteiger partial charge in [-0.3, -0.25) is 4.79 Å². The molecule has 0 bridgehead atoms. The molecule has 0 fully saturated rings. The van der Waals surface area contributed by atoms with Crippen LogP contribution in [0.1, 0.15) is 0 Å². The molecule has 0 aromatic heterocycles. The second-order valence-corrected chi connectivity index (χ2v) is 2.82. The smallest absolute Gasteiger partial charge is 0.209 e. The van der Waals surface area contributed by atoms with Gasteiger partial charge in [0, 0.05) is 0 Å². The first-order valence-corrected chi connectivity index (χ1v) is 5.03. The summed E-state index contributed by atoms with van der Waals surface area (Å²) in [6.07, 6.45) is -0.575. The highest BCUT2D eigenvalue weighted by molar-refractivity contribution is 5.46. The lowest BCUT2D eigenvalue weighted by Gasteiger charge is -2.10. The fraction of sp³-hybridized carbons (Fsp3) is 0.889. The van der Waals surface area contributed by atoms with Gasteiger partial charge in [-0.15, -0.1) is 0 Å². The van der Waals surface area contributed by atoms with Crippen LogP contribution in [0.15, 0.2) is 0 Å². The largest absolute Gasteiger partial charge is 0.394 e. The third-order valence-electron chi connectivity index (χ3n) is 1.52. The van der Waals surface area contributed by atoms with Gasteiger partial charge >= 0.3 is 0 Å². The Kier molecular flexibility index (Phi) is 11.8. The summed E-state index contributed by atoms with van der Waals surface area (Å²) in [6, 6.07) is 0. The first-order chi connectivity index (χ1) is 7.81. The molecule has 0 heterocycles. The fourth-order valence-electron chi connectivity index (χ4n) is 0.826. The van der Waals surface area contributed by atoms with E-state index in [0.717, 1.165) is 0 Å². The molecule has 0 aliphatic carbocycles. The number of aliphatic hydroxyl groups excluding tert-OH is 2. The minimum atomic E-state index is -0.981. The van der Waals surface area contributed by atoms with Gasteiger partial charge in [-0.05, 0) is 0 Å². The lowest BCUT2D eigenvalue weighted by molar-refractivity contribution is -0.113. The number of hydrogen-bond acceptors (Lipinski definition) is 6. The van der Waals surface area contributed by atoms with Crippen LogP contribution in [0.25, 0.3) is 0 Å². The molecule has 7 nitrogen and oxygen atoms in total. The molecule has 16 heavy (non-hydrogen) atoms. The number of carbonyl (C=O) groups excluding carboxylic acids is 1. The highest BCUT2D eigenvalue weighted by Gasteiger charge is 2.00. The molecule has 3 N–H and O–H groups in total. The lowest BCUT2D eigenvalue weighted by Crippen LogP contribution is -2.32. The molecule has 0 saturated heterocycles. The molecule has 1 unspecified atom stereocenters. The van der Waals surface area contributed by atoms with E-state index in [-0.39, 0.29) is 13.2 Å². The highest BCUT2D eigenvalue weighted by Crippen LogP contribution is 1.83. The molecular formula is C9H19NO6. The molecule has 1 atom stereocenters. The van der Waals surface area contributed by atoms with Crippen LogP contribution < -0.4 is 5.32 Å². The molecule has 0 spiro atoms. The van der Waals surface area contributed by atoms with Crippen molar-refractivity contribution in [1.29, 1.82) is 0 Å². The zero-order valence-electron chi connectivity index (χ0n) is 9.13. The summed E-state index contributed by atoms with van der Waals surface area (Å²) in [4.78, 5) is 9.89. The Morgan fingerprint density at radius 1 is 1.06 bits per heavy atom. The van der Waals surface area contributed by atoms with Gasteiger partial charge in [-0.2, -0.15) is 0 Å². The van der Waals surface area contributed by atoms with E-state index >= 15 is 0 Å². The molecule has 0 rings (SSSR count). The summed E-state index contributed by atoms with van der Waals surface area (Å²) >= 11 is 0. The maximum absolute atomic E-state index is 9.89. The van der Waals surface area contributed by atoms with Crippen LogP contribution in [-0.2, 0) is 19.0 Å². The quantitative estimate of drug-likeness (QED) is 0.208. The number of amides is 1. The number of rotatable bonds is 12. The van der Waals surface area contributed by atoms with Crippen LogP contribution >= 0.6 is 0 Å². The summed E-state index contributed by atoms with van der Waals surface area (Å²) in [7, 11) is 0. The average Bonchev–Trinajstić information content (AvgIpc) is 2.27. The molecule has 96 valence electrons. The second kappa shape index (κ2) is 12.3. The maximum atomic E-state index is 9.89. The Balaban J connectivity index is 3.00. The highest BCUT2D eigenvalue weighted by atomic mass is 16.5. The summed E-state index contributed by atoms with van der Waals surface area (Å²) in [5, 5.41) is 19.5. The summed E-state index contributed by atoms with van der Waals surface area (Å²) < 4.78 is 15.1. The van der Waals surface area contributed by atoms with Crippen LogP contribution in [0.3, 0.4) is 0 Å². The van der Waals surface area contributed by atoms with Crippen LogP contribution in [0, 0.1) is 0 Å². The molecule has 0 radical (unpaired) electrons. The van der Waals surface area contributed by atoms with E-state index in [1.807, 2.05) is 0 Å². The summed E-state index contributed by atoms with van der Waals surface area (Å²) in [5.74, 6) is 0. The Morgan fingerprint density at radius 2 is 1.62 bits per heavy atom. The number of ether oxygens (including phenoxy) is 3. The molecule has 7 heteroatoms. The van der Waals surface area contributed by atoms with Gasteiger partial charge in [0.15, 0.2) is 0 Å². The lowest BCUT2D eigenvalue weighted by atomic mass is 10.6. The average molecular weight is 237 g/mol. The minimum absolute atomic E-state index is 0.00469. The van der Waals surface area contributed by atoms with E-state index in [2.05, 4.69) is 5.32 Å². The van der Waals surface area contributed by atoms with Gasteiger partial charge in [-0.1, -0.05) is 0 Å². The Hall–Kier alpha value is -0.730. The predicted octanol–water partition coefficient (Wildman–Crippen LogP) is -1.91. The van der Waals surface area contributed by atoms with Gasteiger partial charge in [0.2, 0.25) is 6.41 Å². The molecule has 0 saturated carbocycles. The van der Waals surface area contributed by atoms with E-state index < -0.39 is 6.23 Å². The topological polar surface area (TPSA) is 97.3 Å². The van der Waals surface area contributed by atoms with Gasteiger partial charge in [-0.25, -0.2) is 0 Å².